The summed E-state index contributed by atoms with van der Waals surface area (Å²) >= 11 is 0. The van der Waals surface area contributed by atoms with Gasteiger partial charge in [0.2, 0.25) is 6.39 Å². The van der Waals surface area contributed by atoms with Crippen LogP contribution in [0.4, 0.5) is 0 Å². The van der Waals surface area contributed by atoms with Gasteiger partial charge in [-0.25, -0.2) is 0 Å². The second-order valence-electron chi connectivity index (χ2n) is 6.06. The Hall–Kier alpha value is -3.40. The van der Waals surface area contributed by atoms with Gasteiger partial charge in [-0.15, -0.1) is 10.2 Å². The molecule has 25 heavy (non-hydrogen) atoms. The maximum atomic E-state index is 5.47. The monoisotopic (exact) mass is 325 g/mol. The molecule has 4 nitrogen and oxygen atoms in total. The molecule has 0 atom stereocenters. The van der Waals surface area contributed by atoms with Gasteiger partial charge in [-0.2, -0.15) is 0 Å². The lowest BCUT2D eigenvalue weighted by molar-refractivity contribution is 0.562. The predicted octanol–water partition coefficient (Wildman–Crippen LogP) is 4.89. The Kier molecular flexibility index (Phi) is 3.13. The molecule has 2 heterocycles. The number of hydrogen-bond acceptors (Lipinski definition) is 3. The highest BCUT2D eigenvalue weighted by atomic mass is 16.4. The van der Waals surface area contributed by atoms with Crippen LogP contribution in [-0.2, 0) is 6.54 Å². The van der Waals surface area contributed by atoms with Crippen molar-refractivity contribution in [1.29, 1.82) is 0 Å². The molecular weight excluding hydrogens is 310 g/mol. The number of fused-ring (bicyclic) bond motifs is 2. The van der Waals surface area contributed by atoms with Crippen molar-refractivity contribution in [3.05, 3.63) is 84.8 Å². The fourth-order valence-corrected chi connectivity index (χ4v) is 3.44. The van der Waals surface area contributed by atoms with Gasteiger partial charge in [0.25, 0.3) is 5.89 Å². The van der Waals surface area contributed by atoms with E-state index < -0.39 is 0 Å². The van der Waals surface area contributed by atoms with Gasteiger partial charge in [0.15, 0.2) is 0 Å². The van der Waals surface area contributed by atoms with Crippen molar-refractivity contribution in [2.24, 2.45) is 0 Å². The smallest absolute Gasteiger partial charge is 0.264 e. The molecule has 0 saturated carbocycles. The number of hydrogen-bond donors (Lipinski definition) is 0. The Morgan fingerprint density at radius 2 is 1.64 bits per heavy atom. The fraction of sp³-hybridized carbons (Fsp3) is 0.0476. The molecule has 2 aromatic heterocycles. The van der Waals surface area contributed by atoms with Crippen LogP contribution >= 0.6 is 0 Å². The van der Waals surface area contributed by atoms with Gasteiger partial charge in [-0.05, 0) is 28.5 Å². The van der Waals surface area contributed by atoms with Crippen LogP contribution < -0.4 is 0 Å². The van der Waals surface area contributed by atoms with E-state index in [1.807, 2.05) is 6.07 Å². The minimum atomic E-state index is 0.538. The van der Waals surface area contributed by atoms with Crippen molar-refractivity contribution in [1.82, 2.24) is 14.8 Å². The van der Waals surface area contributed by atoms with Gasteiger partial charge in [0.05, 0.1) is 0 Å². The highest BCUT2D eigenvalue weighted by Gasteiger charge is 2.15. The second-order valence-corrected chi connectivity index (χ2v) is 6.06. The topological polar surface area (TPSA) is 43.9 Å². The van der Waals surface area contributed by atoms with Crippen molar-refractivity contribution in [3.63, 3.8) is 0 Å². The highest BCUT2D eigenvalue weighted by molar-refractivity contribution is 5.88. The third kappa shape index (κ3) is 2.31. The van der Waals surface area contributed by atoms with Gasteiger partial charge in [-0.1, -0.05) is 60.7 Å². The number of para-hydroxylation sites is 1. The number of rotatable bonds is 3. The van der Waals surface area contributed by atoms with Crippen LogP contribution in [0.3, 0.4) is 0 Å². The van der Waals surface area contributed by atoms with Gasteiger partial charge < -0.3 is 8.98 Å². The zero-order chi connectivity index (χ0) is 16.6. The van der Waals surface area contributed by atoms with E-state index in [-0.39, 0.29) is 0 Å². The van der Waals surface area contributed by atoms with Gasteiger partial charge in [-0.3, -0.25) is 0 Å². The summed E-state index contributed by atoms with van der Waals surface area (Å²) in [5.74, 6) is 0.538. The molecule has 5 aromatic rings. The fourth-order valence-electron chi connectivity index (χ4n) is 3.44. The van der Waals surface area contributed by atoms with E-state index in [4.69, 9.17) is 4.42 Å². The Labute approximate surface area is 144 Å². The zero-order valence-electron chi connectivity index (χ0n) is 13.5. The van der Waals surface area contributed by atoms with Crippen molar-refractivity contribution in [2.75, 3.05) is 0 Å². The van der Waals surface area contributed by atoms with Crippen LogP contribution in [0.2, 0.25) is 0 Å². The molecule has 5 rings (SSSR count). The van der Waals surface area contributed by atoms with E-state index in [9.17, 15) is 0 Å². The lowest BCUT2D eigenvalue weighted by atomic mass is 10.0. The maximum Gasteiger partial charge on any atom is 0.264 e. The summed E-state index contributed by atoms with van der Waals surface area (Å²) in [5, 5.41) is 11.6. The van der Waals surface area contributed by atoms with Gasteiger partial charge in [0, 0.05) is 17.4 Å². The summed E-state index contributed by atoms with van der Waals surface area (Å²) in [7, 11) is 0. The first kappa shape index (κ1) is 14.0. The second kappa shape index (κ2) is 5.60. The zero-order valence-corrected chi connectivity index (χ0v) is 13.5. The summed E-state index contributed by atoms with van der Waals surface area (Å²) in [5.41, 5.74) is 3.36. The third-order valence-electron chi connectivity index (χ3n) is 4.60. The van der Waals surface area contributed by atoms with Gasteiger partial charge >= 0.3 is 0 Å². The van der Waals surface area contributed by atoms with Crippen LogP contribution in [0.5, 0.6) is 0 Å². The lowest BCUT2D eigenvalue weighted by Gasteiger charge is -2.11. The molecule has 0 amide bonds. The average Bonchev–Trinajstić information content (AvgIpc) is 3.30. The van der Waals surface area contributed by atoms with Crippen LogP contribution in [-0.4, -0.2) is 14.8 Å². The van der Waals surface area contributed by atoms with Crippen LogP contribution in [0.25, 0.3) is 33.3 Å². The lowest BCUT2D eigenvalue weighted by Crippen LogP contribution is -2.02. The van der Waals surface area contributed by atoms with Crippen molar-refractivity contribution >= 4 is 21.7 Å². The molecule has 0 fully saturated rings. The molecule has 0 saturated heterocycles. The Balaban J connectivity index is 1.73. The summed E-state index contributed by atoms with van der Waals surface area (Å²) in [6.07, 6.45) is 1.37. The minimum absolute atomic E-state index is 0.538. The average molecular weight is 325 g/mol. The molecule has 4 heteroatoms. The number of benzene rings is 3. The first-order chi connectivity index (χ1) is 12.4. The Morgan fingerprint density at radius 3 is 2.52 bits per heavy atom. The van der Waals surface area contributed by atoms with E-state index in [1.54, 1.807) is 0 Å². The van der Waals surface area contributed by atoms with E-state index in [0.717, 1.165) is 23.1 Å². The van der Waals surface area contributed by atoms with E-state index in [1.165, 1.54) is 22.7 Å². The largest absolute Gasteiger partial charge is 0.422 e. The molecule has 120 valence electrons. The standard InChI is InChI=1S/C21H15N3O/c1-3-10-18-15(6-1)8-5-9-17(18)13-24-19-11-4-2-7-16(19)12-20(24)21-23-22-14-25-21/h1-12,14H,13H2. The molecule has 0 radical (unpaired) electrons. The Bertz CT molecular complexity index is 1170. The maximum absolute atomic E-state index is 5.47. The quantitative estimate of drug-likeness (QED) is 0.474. The summed E-state index contributed by atoms with van der Waals surface area (Å²) in [4.78, 5) is 0. The van der Waals surface area contributed by atoms with E-state index >= 15 is 0 Å². The van der Waals surface area contributed by atoms with Crippen molar-refractivity contribution < 1.29 is 4.42 Å². The first-order valence-electron chi connectivity index (χ1n) is 8.21. The number of nitrogens with zero attached hydrogens (tertiary/aromatic N) is 3. The predicted molar refractivity (Wildman–Crippen MR) is 98.3 cm³/mol. The van der Waals surface area contributed by atoms with Crippen molar-refractivity contribution in [3.8, 4) is 11.6 Å². The summed E-state index contributed by atoms with van der Waals surface area (Å²) in [6, 6.07) is 25.3. The minimum Gasteiger partial charge on any atom is -0.422 e. The molecule has 0 aliphatic carbocycles. The van der Waals surface area contributed by atoms with Crippen molar-refractivity contribution in [2.45, 2.75) is 6.54 Å². The normalized spacial score (nSPS) is 11.4. The van der Waals surface area contributed by atoms with Crippen LogP contribution in [0.15, 0.2) is 83.6 Å². The summed E-state index contributed by atoms with van der Waals surface area (Å²) < 4.78 is 7.71. The first-order valence-corrected chi connectivity index (χ1v) is 8.21. The molecule has 3 aromatic carbocycles. The van der Waals surface area contributed by atoms with Crippen LogP contribution in [0, 0.1) is 0 Å². The SMILES string of the molecule is c1ccc2c(Cn3c(-c4nnco4)cc4ccccc43)cccc2c1. The molecule has 0 bridgehead atoms. The molecule has 0 spiro atoms. The molecule has 0 unspecified atom stereocenters. The molecule has 0 aliphatic heterocycles. The molecular formula is C21H15N3O. The molecule has 0 N–H and O–H groups in total. The molecule has 0 aliphatic rings. The summed E-state index contributed by atoms with van der Waals surface area (Å²) in [6.45, 7) is 0.743. The van der Waals surface area contributed by atoms with Crippen LogP contribution in [0.1, 0.15) is 5.56 Å². The van der Waals surface area contributed by atoms with E-state index in [2.05, 4.69) is 81.5 Å². The third-order valence-corrected chi connectivity index (χ3v) is 4.60. The Morgan fingerprint density at radius 1 is 0.840 bits per heavy atom. The van der Waals surface area contributed by atoms with Gasteiger partial charge in [0.1, 0.15) is 5.69 Å². The van der Waals surface area contributed by atoms with E-state index in [0.29, 0.717) is 5.89 Å². The highest BCUT2D eigenvalue weighted by Crippen LogP contribution is 2.29. The number of aromatic nitrogens is 3.